The molecule has 1 aromatic heterocycles. The predicted molar refractivity (Wildman–Crippen MR) is 72.0 cm³/mol. The number of hydrogen-bond donors (Lipinski definition) is 1. The number of sulfonamides is 1. The van der Waals surface area contributed by atoms with Gasteiger partial charge in [-0.25, -0.2) is 17.7 Å². The highest BCUT2D eigenvalue weighted by molar-refractivity contribution is 7.88. The van der Waals surface area contributed by atoms with Gasteiger partial charge in [0.1, 0.15) is 11.9 Å². The first kappa shape index (κ1) is 13.8. The van der Waals surface area contributed by atoms with Gasteiger partial charge in [0.25, 0.3) is 0 Å². The van der Waals surface area contributed by atoms with E-state index >= 15 is 0 Å². The molecule has 2 heterocycles. The Labute approximate surface area is 113 Å². The SMILES string of the molecule is CS(=O)(=O)N1CCC(Nc2ccc(C#N)cn2)CC1. The summed E-state index contributed by atoms with van der Waals surface area (Å²) in [4.78, 5) is 4.15. The van der Waals surface area contributed by atoms with E-state index in [1.165, 1.54) is 16.8 Å². The third kappa shape index (κ3) is 3.66. The monoisotopic (exact) mass is 280 g/mol. The van der Waals surface area contributed by atoms with Gasteiger partial charge in [0.15, 0.2) is 0 Å². The van der Waals surface area contributed by atoms with Crippen LogP contribution in [0.15, 0.2) is 18.3 Å². The number of pyridine rings is 1. The van der Waals surface area contributed by atoms with Crippen LogP contribution in [0, 0.1) is 11.3 Å². The molecule has 1 saturated heterocycles. The molecule has 0 aliphatic carbocycles. The van der Waals surface area contributed by atoms with E-state index in [0.717, 1.165) is 18.7 Å². The molecule has 1 aliphatic heterocycles. The minimum atomic E-state index is -3.08. The first-order valence-electron chi connectivity index (χ1n) is 6.07. The topological polar surface area (TPSA) is 86.1 Å². The minimum Gasteiger partial charge on any atom is -0.367 e. The summed E-state index contributed by atoms with van der Waals surface area (Å²) in [5.41, 5.74) is 0.525. The highest BCUT2D eigenvalue weighted by atomic mass is 32.2. The van der Waals surface area contributed by atoms with Crippen molar-refractivity contribution in [2.75, 3.05) is 24.7 Å². The molecule has 1 fully saturated rings. The van der Waals surface area contributed by atoms with Crippen LogP contribution in [-0.4, -0.2) is 43.1 Å². The Balaban J connectivity index is 1.90. The van der Waals surface area contributed by atoms with Crippen molar-refractivity contribution in [3.05, 3.63) is 23.9 Å². The zero-order chi connectivity index (χ0) is 13.9. The summed E-state index contributed by atoms with van der Waals surface area (Å²) in [5.74, 6) is 0.719. The summed E-state index contributed by atoms with van der Waals surface area (Å²) in [5, 5.41) is 11.9. The summed E-state index contributed by atoms with van der Waals surface area (Å²) < 4.78 is 24.3. The molecule has 0 bridgehead atoms. The molecule has 1 aliphatic rings. The van der Waals surface area contributed by atoms with Crippen molar-refractivity contribution in [3.63, 3.8) is 0 Å². The highest BCUT2D eigenvalue weighted by Crippen LogP contribution is 2.17. The molecule has 0 spiro atoms. The number of piperidine rings is 1. The molecule has 0 aromatic carbocycles. The van der Waals surface area contributed by atoms with E-state index in [-0.39, 0.29) is 6.04 Å². The standard InChI is InChI=1S/C12H16N4O2S/c1-19(17,18)16-6-4-11(5-7-16)15-12-3-2-10(8-13)9-14-12/h2-3,9,11H,4-7H2,1H3,(H,14,15). The van der Waals surface area contributed by atoms with Crippen LogP contribution in [-0.2, 0) is 10.0 Å². The van der Waals surface area contributed by atoms with Crippen LogP contribution in [0.25, 0.3) is 0 Å². The first-order chi connectivity index (χ1) is 8.99. The molecular weight excluding hydrogens is 264 g/mol. The Morgan fingerprint density at radius 3 is 2.58 bits per heavy atom. The fraction of sp³-hybridized carbons (Fsp3) is 0.500. The summed E-state index contributed by atoms with van der Waals surface area (Å²) >= 11 is 0. The van der Waals surface area contributed by atoms with Crippen molar-refractivity contribution in [1.29, 1.82) is 5.26 Å². The Kier molecular flexibility index (Phi) is 4.02. The molecule has 0 atom stereocenters. The summed E-state index contributed by atoms with van der Waals surface area (Å²) in [6, 6.07) is 5.71. The molecule has 1 aromatic rings. The Bertz CT molecular complexity index is 569. The maximum atomic E-state index is 11.4. The first-order valence-corrected chi connectivity index (χ1v) is 7.91. The largest absolute Gasteiger partial charge is 0.367 e. The van der Waals surface area contributed by atoms with Crippen LogP contribution in [0.5, 0.6) is 0 Å². The molecule has 7 heteroatoms. The van der Waals surface area contributed by atoms with Gasteiger partial charge < -0.3 is 5.32 Å². The maximum absolute atomic E-state index is 11.4. The van der Waals surface area contributed by atoms with Crippen LogP contribution >= 0.6 is 0 Å². The average molecular weight is 280 g/mol. The quantitative estimate of drug-likeness (QED) is 0.884. The third-order valence-electron chi connectivity index (χ3n) is 3.17. The summed E-state index contributed by atoms with van der Waals surface area (Å²) in [6.07, 6.45) is 4.28. The third-order valence-corrected chi connectivity index (χ3v) is 4.47. The normalized spacial score (nSPS) is 17.9. The Morgan fingerprint density at radius 1 is 1.42 bits per heavy atom. The smallest absolute Gasteiger partial charge is 0.211 e. The lowest BCUT2D eigenvalue weighted by molar-refractivity contribution is 0.331. The lowest BCUT2D eigenvalue weighted by Crippen LogP contribution is -2.41. The van der Waals surface area contributed by atoms with Gasteiger partial charge >= 0.3 is 0 Å². The van der Waals surface area contributed by atoms with Gasteiger partial charge in [-0.2, -0.15) is 5.26 Å². The van der Waals surface area contributed by atoms with Gasteiger partial charge in [-0.3, -0.25) is 0 Å². The second kappa shape index (κ2) is 5.55. The second-order valence-corrected chi connectivity index (χ2v) is 6.61. The molecule has 0 unspecified atom stereocenters. The second-order valence-electron chi connectivity index (χ2n) is 4.62. The van der Waals surface area contributed by atoms with Gasteiger partial charge in [-0.1, -0.05) is 0 Å². The number of hydrogen-bond acceptors (Lipinski definition) is 5. The molecular formula is C12H16N4O2S. The van der Waals surface area contributed by atoms with Crippen molar-refractivity contribution in [2.45, 2.75) is 18.9 Å². The van der Waals surface area contributed by atoms with E-state index in [4.69, 9.17) is 5.26 Å². The van der Waals surface area contributed by atoms with Crippen LogP contribution in [0.1, 0.15) is 18.4 Å². The minimum absolute atomic E-state index is 0.221. The van der Waals surface area contributed by atoms with Crippen LogP contribution in [0.2, 0.25) is 0 Å². The van der Waals surface area contributed by atoms with E-state index < -0.39 is 10.0 Å². The molecule has 2 rings (SSSR count). The van der Waals surface area contributed by atoms with E-state index in [1.807, 2.05) is 6.07 Å². The van der Waals surface area contributed by atoms with Gasteiger partial charge in [0, 0.05) is 25.3 Å². The van der Waals surface area contributed by atoms with E-state index in [1.54, 1.807) is 12.1 Å². The van der Waals surface area contributed by atoms with E-state index in [9.17, 15) is 8.42 Å². The molecule has 0 amide bonds. The number of nitriles is 1. The van der Waals surface area contributed by atoms with Crippen LogP contribution in [0.3, 0.4) is 0 Å². The van der Waals surface area contributed by atoms with Crippen molar-refractivity contribution in [1.82, 2.24) is 9.29 Å². The number of anilines is 1. The highest BCUT2D eigenvalue weighted by Gasteiger charge is 2.24. The number of aromatic nitrogens is 1. The molecule has 19 heavy (non-hydrogen) atoms. The number of nitrogens with one attached hydrogen (secondary N) is 1. The average Bonchev–Trinajstić information content (AvgIpc) is 2.39. The van der Waals surface area contributed by atoms with Gasteiger partial charge in [-0.05, 0) is 25.0 Å². The summed E-state index contributed by atoms with van der Waals surface area (Å²) in [7, 11) is -3.08. The van der Waals surface area contributed by atoms with Crippen LogP contribution < -0.4 is 5.32 Å². The van der Waals surface area contributed by atoms with E-state index in [2.05, 4.69) is 10.3 Å². The van der Waals surface area contributed by atoms with Crippen molar-refractivity contribution < 1.29 is 8.42 Å². The molecule has 6 nitrogen and oxygen atoms in total. The lowest BCUT2D eigenvalue weighted by atomic mass is 10.1. The van der Waals surface area contributed by atoms with Crippen LogP contribution in [0.4, 0.5) is 5.82 Å². The van der Waals surface area contributed by atoms with Gasteiger partial charge in [0.2, 0.25) is 10.0 Å². The van der Waals surface area contributed by atoms with E-state index in [0.29, 0.717) is 18.7 Å². The number of nitrogens with zero attached hydrogens (tertiary/aromatic N) is 3. The predicted octanol–water partition coefficient (Wildman–Crippen LogP) is 0.789. The number of rotatable bonds is 3. The zero-order valence-electron chi connectivity index (χ0n) is 10.7. The zero-order valence-corrected chi connectivity index (χ0v) is 11.5. The maximum Gasteiger partial charge on any atom is 0.211 e. The van der Waals surface area contributed by atoms with Gasteiger partial charge in [-0.15, -0.1) is 0 Å². The van der Waals surface area contributed by atoms with Crippen molar-refractivity contribution in [2.24, 2.45) is 0 Å². The Hall–Kier alpha value is -1.65. The molecule has 102 valence electrons. The van der Waals surface area contributed by atoms with Crippen molar-refractivity contribution >= 4 is 15.8 Å². The van der Waals surface area contributed by atoms with Crippen molar-refractivity contribution in [3.8, 4) is 6.07 Å². The van der Waals surface area contributed by atoms with Gasteiger partial charge in [0.05, 0.1) is 11.8 Å². The fourth-order valence-electron chi connectivity index (χ4n) is 2.09. The lowest BCUT2D eigenvalue weighted by Gasteiger charge is -2.30. The molecule has 0 radical (unpaired) electrons. The summed E-state index contributed by atoms with van der Waals surface area (Å²) in [6.45, 7) is 1.07. The molecule has 1 N–H and O–H groups in total. The fourth-order valence-corrected chi connectivity index (χ4v) is 2.96. The molecule has 0 saturated carbocycles. The Morgan fingerprint density at radius 2 is 2.11 bits per heavy atom.